The standard InChI is InChI=1S/C16H33N3/c1-18(2)13-15-7-11-19(12-8-15)16(14-17)9-5-3-4-6-10-16/h15H,3-14,17H2,1-2H3. The van der Waals surface area contributed by atoms with Crippen LogP contribution in [0.2, 0.25) is 0 Å². The molecule has 0 atom stereocenters. The van der Waals surface area contributed by atoms with Gasteiger partial charge in [0.05, 0.1) is 0 Å². The molecule has 19 heavy (non-hydrogen) atoms. The Morgan fingerprint density at radius 1 is 1.05 bits per heavy atom. The highest BCUT2D eigenvalue weighted by molar-refractivity contribution is 4.95. The molecule has 1 aliphatic carbocycles. The van der Waals surface area contributed by atoms with Gasteiger partial charge in [-0.05, 0) is 58.8 Å². The highest BCUT2D eigenvalue weighted by atomic mass is 15.2. The average molecular weight is 267 g/mol. The number of nitrogens with two attached hydrogens (primary N) is 1. The maximum atomic E-state index is 6.20. The second-order valence-corrected chi connectivity index (χ2v) is 7.04. The maximum absolute atomic E-state index is 6.20. The van der Waals surface area contributed by atoms with Crippen LogP contribution >= 0.6 is 0 Å². The fourth-order valence-electron chi connectivity index (χ4n) is 4.14. The highest BCUT2D eigenvalue weighted by Crippen LogP contribution is 2.34. The third kappa shape index (κ3) is 3.93. The summed E-state index contributed by atoms with van der Waals surface area (Å²) in [6, 6.07) is 0. The number of hydrogen-bond acceptors (Lipinski definition) is 3. The third-order valence-corrected chi connectivity index (χ3v) is 5.32. The van der Waals surface area contributed by atoms with Crippen LogP contribution in [0.4, 0.5) is 0 Å². The molecule has 0 radical (unpaired) electrons. The number of nitrogens with zero attached hydrogens (tertiary/aromatic N) is 2. The van der Waals surface area contributed by atoms with E-state index in [1.165, 1.54) is 71.0 Å². The SMILES string of the molecule is CN(C)CC1CCN(C2(CN)CCCCCC2)CC1. The van der Waals surface area contributed by atoms with Gasteiger partial charge in [-0.25, -0.2) is 0 Å². The van der Waals surface area contributed by atoms with E-state index >= 15 is 0 Å². The van der Waals surface area contributed by atoms with Gasteiger partial charge in [-0.2, -0.15) is 0 Å². The molecule has 1 heterocycles. The van der Waals surface area contributed by atoms with Crippen molar-refractivity contribution in [2.75, 3.05) is 40.3 Å². The van der Waals surface area contributed by atoms with Gasteiger partial charge in [0.25, 0.3) is 0 Å². The summed E-state index contributed by atoms with van der Waals surface area (Å²) < 4.78 is 0. The molecule has 0 aromatic heterocycles. The molecule has 2 N–H and O–H groups in total. The largest absolute Gasteiger partial charge is 0.329 e. The van der Waals surface area contributed by atoms with Gasteiger partial charge in [0, 0.05) is 18.6 Å². The zero-order valence-electron chi connectivity index (χ0n) is 13.0. The molecule has 0 unspecified atom stereocenters. The van der Waals surface area contributed by atoms with Crippen molar-refractivity contribution >= 4 is 0 Å². The minimum atomic E-state index is 0.347. The van der Waals surface area contributed by atoms with Gasteiger partial charge in [0.15, 0.2) is 0 Å². The average Bonchev–Trinajstić information content (AvgIpc) is 2.65. The summed E-state index contributed by atoms with van der Waals surface area (Å²) in [5, 5.41) is 0. The van der Waals surface area contributed by atoms with Crippen LogP contribution in [0.5, 0.6) is 0 Å². The summed E-state index contributed by atoms with van der Waals surface area (Å²) in [5.41, 5.74) is 6.55. The van der Waals surface area contributed by atoms with Crippen molar-refractivity contribution in [2.45, 2.75) is 56.9 Å². The Morgan fingerprint density at radius 2 is 1.63 bits per heavy atom. The lowest BCUT2D eigenvalue weighted by Crippen LogP contribution is -2.56. The van der Waals surface area contributed by atoms with Gasteiger partial charge in [0.1, 0.15) is 0 Å². The topological polar surface area (TPSA) is 32.5 Å². The molecule has 2 fully saturated rings. The molecule has 0 spiro atoms. The first-order chi connectivity index (χ1) is 9.16. The highest BCUT2D eigenvalue weighted by Gasteiger charge is 2.37. The van der Waals surface area contributed by atoms with Crippen LogP contribution in [-0.2, 0) is 0 Å². The van der Waals surface area contributed by atoms with Gasteiger partial charge in [-0.1, -0.05) is 25.7 Å². The van der Waals surface area contributed by atoms with Gasteiger partial charge in [0.2, 0.25) is 0 Å². The van der Waals surface area contributed by atoms with Crippen LogP contribution in [0.25, 0.3) is 0 Å². The van der Waals surface area contributed by atoms with E-state index in [1.807, 2.05) is 0 Å². The zero-order chi connectivity index (χ0) is 13.7. The van der Waals surface area contributed by atoms with Crippen molar-refractivity contribution in [3.8, 4) is 0 Å². The Kier molecular flexibility index (Phi) is 5.67. The lowest BCUT2D eigenvalue weighted by molar-refractivity contribution is 0.0385. The lowest BCUT2D eigenvalue weighted by atomic mass is 9.84. The van der Waals surface area contributed by atoms with E-state index in [4.69, 9.17) is 5.73 Å². The molecule has 1 aliphatic heterocycles. The van der Waals surface area contributed by atoms with Crippen molar-refractivity contribution in [1.29, 1.82) is 0 Å². The van der Waals surface area contributed by atoms with Gasteiger partial charge < -0.3 is 10.6 Å². The number of rotatable bonds is 4. The Balaban J connectivity index is 1.90. The minimum Gasteiger partial charge on any atom is -0.329 e. The van der Waals surface area contributed by atoms with Crippen LogP contribution < -0.4 is 5.73 Å². The Labute approximate surface area is 119 Å². The van der Waals surface area contributed by atoms with Crippen LogP contribution in [-0.4, -0.2) is 55.6 Å². The minimum absolute atomic E-state index is 0.347. The fraction of sp³-hybridized carbons (Fsp3) is 1.00. The van der Waals surface area contributed by atoms with Crippen LogP contribution in [0.1, 0.15) is 51.4 Å². The molecule has 0 amide bonds. The summed E-state index contributed by atoms with van der Waals surface area (Å²) in [5.74, 6) is 0.895. The second-order valence-electron chi connectivity index (χ2n) is 7.04. The number of hydrogen-bond donors (Lipinski definition) is 1. The molecule has 2 aliphatic rings. The zero-order valence-corrected chi connectivity index (χ0v) is 13.0. The summed E-state index contributed by atoms with van der Waals surface area (Å²) in [7, 11) is 4.39. The molecule has 3 heteroatoms. The monoisotopic (exact) mass is 267 g/mol. The maximum Gasteiger partial charge on any atom is 0.0331 e. The lowest BCUT2D eigenvalue weighted by Gasteiger charge is -2.47. The third-order valence-electron chi connectivity index (χ3n) is 5.32. The molecule has 3 nitrogen and oxygen atoms in total. The molecule has 0 bridgehead atoms. The molecule has 1 saturated heterocycles. The molecule has 0 aromatic carbocycles. The number of piperidine rings is 1. The molecule has 2 rings (SSSR count). The summed E-state index contributed by atoms with van der Waals surface area (Å²) in [4.78, 5) is 5.09. The van der Waals surface area contributed by atoms with Gasteiger partial charge in [-0.15, -0.1) is 0 Å². The Hall–Kier alpha value is -0.120. The van der Waals surface area contributed by atoms with E-state index in [2.05, 4.69) is 23.9 Å². The van der Waals surface area contributed by atoms with Crippen LogP contribution in [0.15, 0.2) is 0 Å². The molecule has 112 valence electrons. The van der Waals surface area contributed by atoms with E-state index < -0.39 is 0 Å². The summed E-state index contributed by atoms with van der Waals surface area (Å²) in [6.45, 7) is 4.67. The summed E-state index contributed by atoms with van der Waals surface area (Å²) in [6.07, 6.45) is 11.0. The fourth-order valence-corrected chi connectivity index (χ4v) is 4.14. The van der Waals surface area contributed by atoms with Crippen molar-refractivity contribution in [3.63, 3.8) is 0 Å². The van der Waals surface area contributed by atoms with Crippen molar-refractivity contribution < 1.29 is 0 Å². The van der Waals surface area contributed by atoms with E-state index in [9.17, 15) is 0 Å². The van der Waals surface area contributed by atoms with Crippen molar-refractivity contribution in [1.82, 2.24) is 9.80 Å². The van der Waals surface area contributed by atoms with Crippen molar-refractivity contribution in [3.05, 3.63) is 0 Å². The first-order valence-electron chi connectivity index (χ1n) is 8.26. The molecular weight excluding hydrogens is 234 g/mol. The Morgan fingerprint density at radius 3 is 2.11 bits per heavy atom. The van der Waals surface area contributed by atoms with E-state index in [0.29, 0.717) is 5.54 Å². The predicted molar refractivity (Wildman–Crippen MR) is 82.3 cm³/mol. The van der Waals surface area contributed by atoms with E-state index in [-0.39, 0.29) is 0 Å². The normalized spacial score (nSPS) is 26.5. The molecule has 0 aromatic rings. The number of likely N-dealkylation sites (tertiary alicyclic amines) is 1. The van der Waals surface area contributed by atoms with E-state index in [1.54, 1.807) is 0 Å². The van der Waals surface area contributed by atoms with Gasteiger partial charge in [-0.3, -0.25) is 4.90 Å². The molecule has 1 saturated carbocycles. The Bertz CT molecular complexity index is 249. The first kappa shape index (κ1) is 15.3. The molecular formula is C16H33N3. The predicted octanol–water partition coefficient (Wildman–Crippen LogP) is 2.31. The van der Waals surface area contributed by atoms with E-state index in [0.717, 1.165) is 12.5 Å². The van der Waals surface area contributed by atoms with Crippen LogP contribution in [0, 0.1) is 5.92 Å². The van der Waals surface area contributed by atoms with Crippen molar-refractivity contribution in [2.24, 2.45) is 11.7 Å². The second kappa shape index (κ2) is 7.05. The first-order valence-corrected chi connectivity index (χ1v) is 8.26. The summed E-state index contributed by atoms with van der Waals surface area (Å²) >= 11 is 0. The van der Waals surface area contributed by atoms with Crippen LogP contribution in [0.3, 0.4) is 0 Å². The quantitative estimate of drug-likeness (QED) is 0.793. The smallest absolute Gasteiger partial charge is 0.0331 e. The van der Waals surface area contributed by atoms with Gasteiger partial charge >= 0.3 is 0 Å².